The van der Waals surface area contributed by atoms with Crippen LogP contribution < -0.4 is 0 Å². The highest BCUT2D eigenvalue weighted by Gasteiger charge is 2.59. The molecular weight excluding hydrogens is 364 g/mol. The number of hydrogen-bond acceptors (Lipinski definition) is 1. The summed E-state index contributed by atoms with van der Waals surface area (Å²) in [5.41, 5.74) is 4.19. The van der Waals surface area contributed by atoms with Gasteiger partial charge in [0.1, 0.15) is 0 Å². The normalized spacial score (nSPS) is 44.9. The van der Waals surface area contributed by atoms with E-state index in [1.165, 1.54) is 51.4 Å². The summed E-state index contributed by atoms with van der Waals surface area (Å²) in [6.07, 6.45) is 17.8. The highest BCUT2D eigenvalue weighted by atomic mass is 16.3. The van der Waals surface area contributed by atoms with E-state index in [0.717, 1.165) is 42.4 Å². The van der Waals surface area contributed by atoms with Gasteiger partial charge in [0, 0.05) is 0 Å². The first-order chi connectivity index (χ1) is 14.2. The smallest absolute Gasteiger partial charge is 0.0577 e. The van der Waals surface area contributed by atoms with Crippen LogP contribution in [0.15, 0.2) is 23.3 Å². The van der Waals surface area contributed by atoms with Crippen molar-refractivity contribution in [3.8, 4) is 0 Å². The van der Waals surface area contributed by atoms with Crippen LogP contribution in [0.2, 0.25) is 0 Å². The second kappa shape index (κ2) is 8.42. The number of hydrogen-bond donors (Lipinski definition) is 1. The maximum atomic E-state index is 10.2. The van der Waals surface area contributed by atoms with Crippen LogP contribution in [0.4, 0.5) is 0 Å². The summed E-state index contributed by atoms with van der Waals surface area (Å²) in [6, 6.07) is 0. The Hall–Kier alpha value is -0.560. The topological polar surface area (TPSA) is 20.2 Å². The van der Waals surface area contributed by atoms with Gasteiger partial charge < -0.3 is 5.11 Å². The molecule has 3 fully saturated rings. The number of fused-ring (bicyclic) bond motifs is 5. The summed E-state index contributed by atoms with van der Waals surface area (Å²) < 4.78 is 0. The van der Waals surface area contributed by atoms with Crippen LogP contribution in [0.1, 0.15) is 106 Å². The van der Waals surface area contributed by atoms with Crippen molar-refractivity contribution >= 4 is 0 Å². The third kappa shape index (κ3) is 3.66. The molecule has 4 rings (SSSR count). The fourth-order valence-corrected chi connectivity index (χ4v) is 8.91. The standard InChI is InChI=1S/C29H48O/c1-7-21(19(2)3)9-8-20(4)25-12-13-26-24-11-10-22-18-23(30)14-16-28(22,5)27(24)15-17-29(25,26)6/h9-10,19-20,23-27,30H,7-8,11-18H2,1-6H3/b21-9+/t20-,23+,24?,25?,26?,27?,28?,29?/m1/s1. The minimum Gasteiger partial charge on any atom is -0.393 e. The van der Waals surface area contributed by atoms with Gasteiger partial charge in [-0.3, -0.25) is 0 Å². The van der Waals surface area contributed by atoms with Crippen LogP contribution in [0, 0.1) is 46.3 Å². The summed E-state index contributed by atoms with van der Waals surface area (Å²) in [7, 11) is 0. The van der Waals surface area contributed by atoms with Gasteiger partial charge in [0.05, 0.1) is 6.10 Å². The lowest BCUT2D eigenvalue weighted by Gasteiger charge is -2.58. The second-order valence-corrected chi connectivity index (χ2v) is 12.4. The van der Waals surface area contributed by atoms with Crippen LogP contribution in [0.3, 0.4) is 0 Å². The van der Waals surface area contributed by atoms with Crippen molar-refractivity contribution in [3.63, 3.8) is 0 Å². The van der Waals surface area contributed by atoms with Gasteiger partial charge in [0.15, 0.2) is 0 Å². The molecule has 4 aliphatic carbocycles. The molecule has 0 amide bonds. The molecule has 0 heterocycles. The molecule has 8 atom stereocenters. The zero-order valence-corrected chi connectivity index (χ0v) is 20.7. The highest BCUT2D eigenvalue weighted by Crippen LogP contribution is 2.67. The Kier molecular flexibility index (Phi) is 6.35. The van der Waals surface area contributed by atoms with E-state index in [9.17, 15) is 5.11 Å². The second-order valence-electron chi connectivity index (χ2n) is 12.4. The molecule has 1 N–H and O–H groups in total. The van der Waals surface area contributed by atoms with Gasteiger partial charge in [-0.25, -0.2) is 0 Å². The molecule has 0 aromatic carbocycles. The molecule has 6 unspecified atom stereocenters. The largest absolute Gasteiger partial charge is 0.393 e. The van der Waals surface area contributed by atoms with Gasteiger partial charge in [0.2, 0.25) is 0 Å². The molecule has 0 aromatic rings. The molecule has 0 radical (unpaired) electrons. The molecule has 4 aliphatic rings. The molecule has 1 nitrogen and oxygen atoms in total. The van der Waals surface area contributed by atoms with Crippen molar-refractivity contribution in [1.29, 1.82) is 0 Å². The third-order valence-corrected chi connectivity index (χ3v) is 10.7. The van der Waals surface area contributed by atoms with E-state index in [-0.39, 0.29) is 6.10 Å². The Morgan fingerprint density at radius 1 is 1.10 bits per heavy atom. The van der Waals surface area contributed by atoms with E-state index in [0.29, 0.717) is 16.7 Å². The molecule has 3 saturated carbocycles. The Morgan fingerprint density at radius 2 is 1.87 bits per heavy atom. The molecule has 30 heavy (non-hydrogen) atoms. The number of aliphatic hydroxyl groups is 1. The maximum absolute atomic E-state index is 10.2. The molecule has 0 spiro atoms. The van der Waals surface area contributed by atoms with Crippen LogP contribution in [-0.2, 0) is 0 Å². The first kappa shape index (κ1) is 22.6. The van der Waals surface area contributed by atoms with E-state index in [1.807, 2.05) is 0 Å². The minimum absolute atomic E-state index is 0.0849. The highest BCUT2D eigenvalue weighted by molar-refractivity contribution is 5.25. The molecule has 0 saturated heterocycles. The van der Waals surface area contributed by atoms with Gasteiger partial charge in [-0.1, -0.05) is 64.8 Å². The van der Waals surface area contributed by atoms with Crippen molar-refractivity contribution in [3.05, 3.63) is 23.3 Å². The first-order valence-electron chi connectivity index (χ1n) is 13.3. The van der Waals surface area contributed by atoms with Gasteiger partial charge >= 0.3 is 0 Å². The summed E-state index contributed by atoms with van der Waals surface area (Å²) in [6.45, 7) is 14.8. The lowest BCUT2D eigenvalue weighted by molar-refractivity contribution is -0.0565. The van der Waals surface area contributed by atoms with E-state index in [4.69, 9.17) is 0 Å². The summed E-state index contributed by atoms with van der Waals surface area (Å²) in [5, 5.41) is 10.2. The average molecular weight is 413 g/mol. The number of rotatable bonds is 5. The van der Waals surface area contributed by atoms with Crippen molar-refractivity contribution in [2.45, 2.75) is 112 Å². The van der Waals surface area contributed by atoms with Crippen LogP contribution in [0.5, 0.6) is 0 Å². The van der Waals surface area contributed by atoms with E-state index < -0.39 is 0 Å². The number of aliphatic hydroxyl groups excluding tert-OH is 1. The van der Waals surface area contributed by atoms with Crippen molar-refractivity contribution in [2.24, 2.45) is 46.3 Å². The van der Waals surface area contributed by atoms with Gasteiger partial charge in [-0.05, 0) is 111 Å². The van der Waals surface area contributed by atoms with Crippen molar-refractivity contribution < 1.29 is 5.11 Å². The molecule has 1 heteroatoms. The zero-order valence-electron chi connectivity index (χ0n) is 20.7. The van der Waals surface area contributed by atoms with Crippen molar-refractivity contribution in [2.75, 3.05) is 0 Å². The quantitative estimate of drug-likeness (QED) is 0.454. The summed E-state index contributed by atoms with van der Waals surface area (Å²) >= 11 is 0. The maximum Gasteiger partial charge on any atom is 0.0577 e. The Morgan fingerprint density at radius 3 is 2.57 bits per heavy atom. The first-order valence-corrected chi connectivity index (χ1v) is 13.3. The van der Waals surface area contributed by atoms with E-state index in [2.05, 4.69) is 53.7 Å². The molecule has 0 bridgehead atoms. The Labute approximate surface area is 186 Å². The lowest BCUT2D eigenvalue weighted by Crippen LogP contribution is -2.50. The van der Waals surface area contributed by atoms with E-state index in [1.54, 1.807) is 11.1 Å². The van der Waals surface area contributed by atoms with Crippen LogP contribution in [0.25, 0.3) is 0 Å². The number of allylic oxidation sites excluding steroid dienone is 3. The van der Waals surface area contributed by atoms with Gasteiger partial charge in [-0.15, -0.1) is 0 Å². The third-order valence-electron chi connectivity index (χ3n) is 10.7. The van der Waals surface area contributed by atoms with Crippen LogP contribution >= 0.6 is 0 Å². The Balaban J connectivity index is 1.51. The van der Waals surface area contributed by atoms with Gasteiger partial charge in [-0.2, -0.15) is 0 Å². The predicted octanol–water partition coefficient (Wildman–Crippen LogP) is 7.94. The summed E-state index contributed by atoms with van der Waals surface area (Å²) in [5.74, 6) is 5.09. The fraction of sp³-hybridized carbons (Fsp3) is 0.862. The summed E-state index contributed by atoms with van der Waals surface area (Å²) in [4.78, 5) is 0. The average Bonchev–Trinajstić information content (AvgIpc) is 3.06. The molecule has 0 aromatic heterocycles. The molecular formula is C29H48O. The molecule has 0 aliphatic heterocycles. The lowest BCUT2D eigenvalue weighted by atomic mass is 9.47. The van der Waals surface area contributed by atoms with Crippen molar-refractivity contribution in [1.82, 2.24) is 0 Å². The Bertz CT molecular complexity index is 686. The molecule has 170 valence electrons. The van der Waals surface area contributed by atoms with E-state index >= 15 is 0 Å². The monoisotopic (exact) mass is 412 g/mol. The predicted molar refractivity (Wildman–Crippen MR) is 128 cm³/mol. The zero-order chi connectivity index (χ0) is 21.7. The SMILES string of the molecule is CC/C(=C\C[C@@H](C)C1CCC2C3CC=C4C[C@@H](O)CCC4(C)C3CCC21C)C(C)C. The van der Waals surface area contributed by atoms with Gasteiger partial charge in [0.25, 0.3) is 0 Å². The van der Waals surface area contributed by atoms with Crippen LogP contribution in [-0.4, -0.2) is 11.2 Å². The minimum atomic E-state index is -0.0849. The fourth-order valence-electron chi connectivity index (χ4n) is 8.91.